The molecule has 0 fully saturated rings. The first kappa shape index (κ1) is 11.5. The van der Waals surface area contributed by atoms with E-state index in [0.717, 1.165) is 12.3 Å². The predicted molar refractivity (Wildman–Crippen MR) is 65.6 cm³/mol. The van der Waals surface area contributed by atoms with Crippen LogP contribution in [-0.2, 0) is 0 Å². The Morgan fingerprint density at radius 1 is 1.67 bits per heavy atom. The fraction of sp³-hybridized carbons (Fsp3) is 0.200. The Hall–Kier alpha value is -1.62. The van der Waals surface area contributed by atoms with Crippen LogP contribution in [0.1, 0.15) is 12.7 Å². The van der Waals surface area contributed by atoms with Gasteiger partial charge in [0, 0.05) is 12.8 Å². The Morgan fingerprint density at radius 3 is 3.20 bits per heavy atom. The Labute approximate surface area is 94.0 Å². The first-order chi connectivity index (χ1) is 7.33. The molecular weight excluding hydrogens is 210 g/mol. The number of hydrogen-bond donors (Lipinski definition) is 2. The first-order valence-corrected chi connectivity index (χ1v) is 5.01. The third-order valence-corrected chi connectivity index (χ3v) is 1.70. The van der Waals surface area contributed by atoms with Crippen LogP contribution in [-0.4, -0.2) is 17.9 Å². The van der Waals surface area contributed by atoms with Crippen LogP contribution >= 0.6 is 12.2 Å². The molecule has 1 heterocycles. The lowest BCUT2D eigenvalue weighted by Crippen LogP contribution is -2.31. The molecule has 80 valence electrons. The van der Waals surface area contributed by atoms with E-state index in [1.807, 2.05) is 25.1 Å². The minimum atomic E-state index is 0.514. The standard InChI is InChI=1S/C10H13N3OS/c1-2-11-10(15)13-12-7-3-5-9-6-4-8-14-9/h3-8H,2H2,1H3,(H2,11,13,15)/b5-3+,12-7-. The zero-order valence-electron chi connectivity index (χ0n) is 8.43. The summed E-state index contributed by atoms with van der Waals surface area (Å²) in [6.45, 7) is 2.75. The van der Waals surface area contributed by atoms with Crippen molar-refractivity contribution in [2.45, 2.75) is 6.92 Å². The Balaban J connectivity index is 2.25. The van der Waals surface area contributed by atoms with Crippen LogP contribution in [0.15, 0.2) is 34.0 Å². The van der Waals surface area contributed by atoms with Crippen molar-refractivity contribution in [1.29, 1.82) is 0 Å². The summed E-state index contributed by atoms with van der Waals surface area (Å²) in [6, 6.07) is 3.69. The smallest absolute Gasteiger partial charge is 0.186 e. The Bertz CT molecular complexity index is 344. The van der Waals surface area contributed by atoms with E-state index in [4.69, 9.17) is 16.6 Å². The highest BCUT2D eigenvalue weighted by molar-refractivity contribution is 7.80. The second-order valence-corrected chi connectivity index (χ2v) is 3.03. The van der Waals surface area contributed by atoms with Gasteiger partial charge in [0.2, 0.25) is 0 Å². The zero-order chi connectivity index (χ0) is 10.9. The number of nitrogens with zero attached hydrogens (tertiary/aromatic N) is 1. The molecule has 0 bridgehead atoms. The van der Waals surface area contributed by atoms with E-state index in [-0.39, 0.29) is 0 Å². The van der Waals surface area contributed by atoms with E-state index in [9.17, 15) is 0 Å². The van der Waals surface area contributed by atoms with Crippen LogP contribution in [0.4, 0.5) is 0 Å². The summed E-state index contributed by atoms with van der Waals surface area (Å²) < 4.78 is 5.09. The molecule has 1 rings (SSSR count). The largest absolute Gasteiger partial charge is 0.465 e. The van der Waals surface area contributed by atoms with Crippen LogP contribution in [0.3, 0.4) is 0 Å². The molecule has 1 aromatic rings. The van der Waals surface area contributed by atoms with E-state index < -0.39 is 0 Å². The summed E-state index contributed by atoms with van der Waals surface area (Å²) in [5, 5.41) is 7.31. The van der Waals surface area contributed by atoms with E-state index in [2.05, 4.69) is 15.8 Å². The van der Waals surface area contributed by atoms with Crippen molar-refractivity contribution >= 4 is 29.6 Å². The van der Waals surface area contributed by atoms with Crippen molar-refractivity contribution in [3.63, 3.8) is 0 Å². The molecule has 1 aromatic heterocycles. The van der Waals surface area contributed by atoms with Crippen molar-refractivity contribution < 1.29 is 4.42 Å². The van der Waals surface area contributed by atoms with Gasteiger partial charge in [0.15, 0.2) is 5.11 Å². The van der Waals surface area contributed by atoms with Crippen LogP contribution in [0, 0.1) is 0 Å². The summed E-state index contributed by atoms with van der Waals surface area (Å²) in [6.07, 6.45) is 6.80. The molecule has 0 unspecified atom stereocenters. The van der Waals surface area contributed by atoms with Crippen molar-refractivity contribution in [1.82, 2.24) is 10.7 Å². The van der Waals surface area contributed by atoms with Crippen LogP contribution in [0.25, 0.3) is 6.08 Å². The molecule has 0 amide bonds. The van der Waals surface area contributed by atoms with Crippen molar-refractivity contribution in [3.8, 4) is 0 Å². The van der Waals surface area contributed by atoms with Gasteiger partial charge in [-0.25, -0.2) is 0 Å². The van der Waals surface area contributed by atoms with Gasteiger partial charge in [-0.2, -0.15) is 5.10 Å². The lowest BCUT2D eigenvalue weighted by atomic mass is 10.4. The molecule has 0 aliphatic carbocycles. The van der Waals surface area contributed by atoms with Gasteiger partial charge in [0.25, 0.3) is 0 Å². The van der Waals surface area contributed by atoms with E-state index in [1.165, 1.54) is 0 Å². The minimum absolute atomic E-state index is 0.514. The van der Waals surface area contributed by atoms with E-state index >= 15 is 0 Å². The molecule has 2 N–H and O–H groups in total. The van der Waals surface area contributed by atoms with E-state index in [1.54, 1.807) is 18.6 Å². The van der Waals surface area contributed by atoms with Gasteiger partial charge in [0.05, 0.1) is 6.26 Å². The normalized spacial score (nSPS) is 11.0. The molecule has 0 aliphatic rings. The third-order valence-electron chi connectivity index (χ3n) is 1.47. The van der Waals surface area contributed by atoms with Gasteiger partial charge in [0.1, 0.15) is 5.76 Å². The number of thiocarbonyl (C=S) groups is 1. The number of rotatable bonds is 4. The highest BCUT2D eigenvalue weighted by Crippen LogP contribution is 2.00. The summed E-state index contributed by atoms with van der Waals surface area (Å²) >= 11 is 4.90. The second kappa shape index (κ2) is 6.78. The molecule has 0 aliphatic heterocycles. The van der Waals surface area contributed by atoms with Gasteiger partial charge in [-0.05, 0) is 43.4 Å². The van der Waals surface area contributed by atoms with Crippen LogP contribution < -0.4 is 10.7 Å². The molecule has 0 spiro atoms. The van der Waals surface area contributed by atoms with Crippen LogP contribution in [0.5, 0.6) is 0 Å². The average Bonchev–Trinajstić information content (AvgIpc) is 2.70. The maximum atomic E-state index is 5.09. The van der Waals surface area contributed by atoms with Gasteiger partial charge in [-0.1, -0.05) is 0 Å². The Morgan fingerprint density at radius 2 is 2.53 bits per heavy atom. The fourth-order valence-electron chi connectivity index (χ4n) is 0.863. The second-order valence-electron chi connectivity index (χ2n) is 2.62. The fourth-order valence-corrected chi connectivity index (χ4v) is 1.06. The monoisotopic (exact) mass is 223 g/mol. The molecule has 15 heavy (non-hydrogen) atoms. The van der Waals surface area contributed by atoms with Gasteiger partial charge < -0.3 is 9.73 Å². The molecule has 0 saturated carbocycles. The quantitative estimate of drug-likeness (QED) is 0.464. The first-order valence-electron chi connectivity index (χ1n) is 4.60. The van der Waals surface area contributed by atoms with Gasteiger partial charge >= 0.3 is 0 Å². The highest BCUT2D eigenvalue weighted by Gasteiger charge is 1.86. The van der Waals surface area contributed by atoms with Gasteiger partial charge in [-0.3, -0.25) is 5.43 Å². The molecule has 0 saturated heterocycles. The SMILES string of the molecule is CCNC(=S)N/N=C\C=C\c1ccco1. The zero-order valence-corrected chi connectivity index (χ0v) is 9.25. The van der Waals surface area contributed by atoms with Gasteiger partial charge in [-0.15, -0.1) is 0 Å². The predicted octanol–water partition coefficient (Wildman–Crippen LogP) is 1.76. The average molecular weight is 223 g/mol. The number of hydrazone groups is 1. The molecule has 4 nitrogen and oxygen atoms in total. The highest BCUT2D eigenvalue weighted by atomic mass is 32.1. The number of nitrogens with one attached hydrogen (secondary N) is 2. The number of hydrogen-bond acceptors (Lipinski definition) is 3. The molecular formula is C10H13N3OS. The molecule has 5 heteroatoms. The van der Waals surface area contributed by atoms with Crippen molar-refractivity contribution in [2.24, 2.45) is 5.10 Å². The van der Waals surface area contributed by atoms with E-state index in [0.29, 0.717) is 5.11 Å². The topological polar surface area (TPSA) is 49.6 Å². The van der Waals surface area contributed by atoms with Crippen molar-refractivity contribution in [2.75, 3.05) is 6.54 Å². The summed E-state index contributed by atoms with van der Waals surface area (Å²) in [4.78, 5) is 0. The molecule has 0 aromatic carbocycles. The lowest BCUT2D eigenvalue weighted by molar-refractivity contribution is 0.557. The van der Waals surface area contributed by atoms with Crippen molar-refractivity contribution in [3.05, 3.63) is 30.2 Å². The minimum Gasteiger partial charge on any atom is -0.465 e. The number of allylic oxidation sites excluding steroid dienone is 1. The summed E-state index contributed by atoms with van der Waals surface area (Å²) in [5.74, 6) is 0.788. The maximum Gasteiger partial charge on any atom is 0.186 e. The third kappa shape index (κ3) is 4.97. The van der Waals surface area contributed by atoms with Crippen LogP contribution in [0.2, 0.25) is 0 Å². The number of furan rings is 1. The maximum absolute atomic E-state index is 5.09. The summed E-state index contributed by atoms with van der Waals surface area (Å²) in [7, 11) is 0. The molecule has 0 atom stereocenters. The summed E-state index contributed by atoms with van der Waals surface area (Å²) in [5.41, 5.74) is 2.67. The molecule has 0 radical (unpaired) electrons. The Kier molecular flexibility index (Phi) is 5.18. The lowest BCUT2D eigenvalue weighted by Gasteiger charge is -2.01.